The molecule has 0 radical (unpaired) electrons. The van der Waals surface area contributed by atoms with Gasteiger partial charge in [-0.25, -0.2) is 4.58 Å². The van der Waals surface area contributed by atoms with E-state index in [0.717, 1.165) is 6.42 Å². The Morgan fingerprint density at radius 1 is 1.21 bits per heavy atom. The molecule has 0 bridgehead atoms. The summed E-state index contributed by atoms with van der Waals surface area (Å²) in [5, 5.41) is 0. The van der Waals surface area contributed by atoms with Crippen LogP contribution < -0.4 is 0 Å². The van der Waals surface area contributed by atoms with E-state index >= 15 is 0 Å². The molecule has 1 fully saturated rings. The molecule has 0 aromatic heterocycles. The fourth-order valence-electron chi connectivity index (χ4n) is 4.45. The van der Waals surface area contributed by atoms with Gasteiger partial charge in [-0.1, -0.05) is 42.5 Å². The summed E-state index contributed by atoms with van der Waals surface area (Å²) >= 11 is 1.80. The van der Waals surface area contributed by atoms with Gasteiger partial charge in [-0.2, -0.15) is 0 Å². The van der Waals surface area contributed by atoms with Crippen LogP contribution in [0.4, 0.5) is 0 Å². The molecule has 122 valence electrons. The summed E-state index contributed by atoms with van der Waals surface area (Å²) in [5.74, 6) is 0. The van der Waals surface area contributed by atoms with Gasteiger partial charge >= 0.3 is 0 Å². The maximum absolute atomic E-state index is 4.07. The number of hydrogen-bond acceptors (Lipinski definition) is 1. The number of fused-ring (bicyclic) bond motifs is 3. The highest BCUT2D eigenvalue weighted by atomic mass is 32.2. The first-order valence-corrected chi connectivity index (χ1v) is 9.97. The lowest BCUT2D eigenvalue weighted by Crippen LogP contribution is -2.39. The van der Waals surface area contributed by atoms with Crippen LogP contribution in [-0.4, -0.2) is 23.6 Å². The molecular formula is C22H24NS+. The summed E-state index contributed by atoms with van der Waals surface area (Å²) in [7, 11) is 0. The maximum Gasteiger partial charge on any atom is 0.178 e. The molecule has 0 spiro atoms. The van der Waals surface area contributed by atoms with Gasteiger partial charge in [-0.15, -0.1) is 18.3 Å². The third-order valence-electron chi connectivity index (χ3n) is 5.55. The molecule has 0 N–H and O–H groups in total. The number of thioether (sulfide) groups is 1. The summed E-state index contributed by atoms with van der Waals surface area (Å²) in [6.45, 7) is 5.24. The Kier molecular flexibility index (Phi) is 4.09. The highest BCUT2D eigenvalue weighted by molar-refractivity contribution is 7.98. The van der Waals surface area contributed by atoms with Gasteiger partial charge in [-0.3, -0.25) is 0 Å². The molecule has 0 unspecified atom stereocenters. The summed E-state index contributed by atoms with van der Waals surface area (Å²) in [5.41, 5.74) is 4.26. The lowest BCUT2D eigenvalue weighted by atomic mass is 9.69. The van der Waals surface area contributed by atoms with Gasteiger partial charge in [0.05, 0.1) is 0 Å². The van der Waals surface area contributed by atoms with Gasteiger partial charge in [-0.05, 0) is 35.9 Å². The van der Waals surface area contributed by atoms with Crippen LogP contribution in [0.3, 0.4) is 0 Å². The van der Waals surface area contributed by atoms with Crippen molar-refractivity contribution < 1.29 is 4.58 Å². The fraction of sp³-hybridized carbons (Fsp3) is 0.318. The standard InChI is InChI=1S/C22H24NS/c1-3-14-22(17-10-12-18(24-2)13-11-17)16-23-15-6-9-21(23)19-7-4-5-8-20(19)22/h3-5,7-8,10-13,16,21H,1,6,9,14-15H2,2H3/q+1/t21-,22+/m1/s1. The van der Waals surface area contributed by atoms with Crippen LogP contribution in [-0.2, 0) is 5.41 Å². The number of allylic oxidation sites excluding steroid dienone is 1. The van der Waals surface area contributed by atoms with E-state index in [1.165, 1.54) is 41.0 Å². The van der Waals surface area contributed by atoms with Crippen LogP contribution in [0, 0.1) is 0 Å². The van der Waals surface area contributed by atoms with Gasteiger partial charge < -0.3 is 0 Å². The zero-order valence-corrected chi connectivity index (χ0v) is 15.1. The van der Waals surface area contributed by atoms with Crippen molar-refractivity contribution in [3.05, 3.63) is 77.9 Å². The van der Waals surface area contributed by atoms with Crippen molar-refractivity contribution >= 4 is 18.0 Å². The van der Waals surface area contributed by atoms with Crippen LogP contribution in [0.15, 0.2) is 66.1 Å². The number of rotatable bonds is 4. The van der Waals surface area contributed by atoms with E-state index in [1.54, 1.807) is 11.8 Å². The van der Waals surface area contributed by atoms with Crippen LogP contribution in [0.1, 0.15) is 42.0 Å². The van der Waals surface area contributed by atoms with Crippen molar-refractivity contribution in [2.24, 2.45) is 0 Å². The summed E-state index contributed by atoms with van der Waals surface area (Å²) in [6, 6.07) is 18.7. The Hall–Kier alpha value is -1.80. The van der Waals surface area contributed by atoms with Crippen LogP contribution >= 0.6 is 11.8 Å². The number of hydrogen-bond donors (Lipinski definition) is 0. The first-order chi connectivity index (χ1) is 11.8. The van der Waals surface area contributed by atoms with Crippen molar-refractivity contribution in [2.45, 2.75) is 35.6 Å². The number of nitrogens with zero attached hydrogens (tertiary/aromatic N) is 1. The van der Waals surface area contributed by atoms with Crippen LogP contribution in [0.25, 0.3) is 0 Å². The molecule has 2 aromatic carbocycles. The molecule has 0 aliphatic carbocycles. The highest BCUT2D eigenvalue weighted by Crippen LogP contribution is 2.45. The molecule has 24 heavy (non-hydrogen) atoms. The molecule has 2 aromatic rings. The molecule has 2 atom stereocenters. The zero-order chi connectivity index (χ0) is 16.6. The van der Waals surface area contributed by atoms with E-state index in [1.807, 2.05) is 0 Å². The van der Waals surface area contributed by atoms with Gasteiger partial charge in [0.1, 0.15) is 12.0 Å². The quantitative estimate of drug-likeness (QED) is 0.422. The minimum Gasteiger partial charge on any atom is -0.231 e. The Morgan fingerprint density at radius 3 is 2.75 bits per heavy atom. The van der Waals surface area contributed by atoms with Crippen molar-refractivity contribution in [3.8, 4) is 0 Å². The molecule has 0 amide bonds. The van der Waals surface area contributed by atoms with Crippen LogP contribution in [0.5, 0.6) is 0 Å². The van der Waals surface area contributed by atoms with Crippen LogP contribution in [0.2, 0.25) is 0 Å². The first-order valence-electron chi connectivity index (χ1n) is 8.75. The normalized spacial score (nSPS) is 24.9. The highest BCUT2D eigenvalue weighted by Gasteiger charge is 2.46. The first kappa shape index (κ1) is 15.7. The van der Waals surface area contributed by atoms with E-state index in [4.69, 9.17) is 0 Å². The third kappa shape index (κ3) is 2.36. The smallest absolute Gasteiger partial charge is 0.178 e. The van der Waals surface area contributed by atoms with Crippen molar-refractivity contribution in [1.82, 2.24) is 0 Å². The largest absolute Gasteiger partial charge is 0.231 e. The van der Waals surface area contributed by atoms with Crippen molar-refractivity contribution in [3.63, 3.8) is 0 Å². The molecular weight excluding hydrogens is 310 g/mol. The molecule has 2 heterocycles. The van der Waals surface area contributed by atoms with E-state index < -0.39 is 0 Å². The second-order valence-corrected chi connectivity index (χ2v) is 7.68. The topological polar surface area (TPSA) is 3.01 Å². The van der Waals surface area contributed by atoms with E-state index in [2.05, 4.69) is 78.2 Å². The second-order valence-electron chi connectivity index (χ2n) is 6.80. The molecule has 2 aliphatic heterocycles. The Labute approximate surface area is 149 Å². The van der Waals surface area contributed by atoms with Gasteiger partial charge in [0, 0.05) is 23.3 Å². The number of benzene rings is 2. The lowest BCUT2D eigenvalue weighted by molar-refractivity contribution is -0.550. The second kappa shape index (κ2) is 6.25. The fourth-order valence-corrected chi connectivity index (χ4v) is 4.86. The van der Waals surface area contributed by atoms with E-state index in [9.17, 15) is 0 Å². The average molecular weight is 335 g/mol. The zero-order valence-electron chi connectivity index (χ0n) is 14.2. The molecule has 0 saturated carbocycles. The predicted molar refractivity (Wildman–Crippen MR) is 103 cm³/mol. The summed E-state index contributed by atoms with van der Waals surface area (Å²) in [6.07, 6.45) is 10.2. The van der Waals surface area contributed by atoms with E-state index in [-0.39, 0.29) is 5.41 Å². The molecule has 1 nitrogen and oxygen atoms in total. The minimum atomic E-state index is -0.0872. The monoisotopic (exact) mass is 334 g/mol. The summed E-state index contributed by atoms with van der Waals surface area (Å²) in [4.78, 5) is 1.32. The molecule has 2 heteroatoms. The third-order valence-corrected chi connectivity index (χ3v) is 6.30. The maximum atomic E-state index is 4.07. The molecule has 4 rings (SSSR count). The Morgan fingerprint density at radius 2 is 2.00 bits per heavy atom. The van der Waals surface area contributed by atoms with E-state index in [0.29, 0.717) is 6.04 Å². The SMILES string of the molecule is C=CC[C@@]1(c2ccc(SC)cc2)C=[N+]2CCC[C@@H]2c2ccccc21. The van der Waals surface area contributed by atoms with Gasteiger partial charge in [0.2, 0.25) is 0 Å². The Bertz CT molecular complexity index is 790. The average Bonchev–Trinajstić information content (AvgIpc) is 3.10. The van der Waals surface area contributed by atoms with Crippen molar-refractivity contribution in [2.75, 3.05) is 12.8 Å². The molecule has 1 saturated heterocycles. The minimum absolute atomic E-state index is 0.0872. The van der Waals surface area contributed by atoms with Gasteiger partial charge in [0.25, 0.3) is 0 Å². The van der Waals surface area contributed by atoms with Gasteiger partial charge in [0.15, 0.2) is 12.3 Å². The molecule has 2 aliphatic rings. The Balaban J connectivity index is 1.95. The van der Waals surface area contributed by atoms with Crippen molar-refractivity contribution in [1.29, 1.82) is 0 Å². The summed E-state index contributed by atoms with van der Waals surface area (Å²) < 4.78 is 2.58. The lowest BCUT2D eigenvalue weighted by Gasteiger charge is -2.35. The predicted octanol–water partition coefficient (Wildman–Crippen LogP) is 5.20.